The van der Waals surface area contributed by atoms with Crippen LogP contribution in [0.25, 0.3) is 0 Å². The first-order valence-corrected chi connectivity index (χ1v) is 7.51. The van der Waals surface area contributed by atoms with E-state index in [9.17, 15) is 0 Å². The van der Waals surface area contributed by atoms with Crippen LogP contribution in [0.15, 0.2) is 28.7 Å². The van der Waals surface area contributed by atoms with Crippen LogP contribution in [0.5, 0.6) is 0 Å². The van der Waals surface area contributed by atoms with Crippen molar-refractivity contribution in [3.8, 4) is 0 Å². The van der Waals surface area contributed by atoms with Crippen LogP contribution in [0.2, 0.25) is 0 Å². The molecule has 0 amide bonds. The first-order valence-electron chi connectivity index (χ1n) is 6.72. The third-order valence-corrected chi connectivity index (χ3v) is 3.98. The second kappa shape index (κ2) is 8.68. The second-order valence-electron chi connectivity index (χ2n) is 4.54. The third-order valence-electron chi connectivity index (χ3n) is 3.21. The van der Waals surface area contributed by atoms with Crippen molar-refractivity contribution in [3.05, 3.63) is 34.3 Å². The van der Waals surface area contributed by atoms with E-state index in [-0.39, 0.29) is 6.10 Å². The molecule has 2 atom stereocenters. The number of hydrogen-bond donors (Lipinski definition) is 1. The summed E-state index contributed by atoms with van der Waals surface area (Å²) in [5.41, 5.74) is 1.33. The van der Waals surface area contributed by atoms with Gasteiger partial charge in [0.25, 0.3) is 0 Å². The van der Waals surface area contributed by atoms with E-state index in [1.807, 2.05) is 0 Å². The van der Waals surface area contributed by atoms with E-state index >= 15 is 0 Å². The van der Waals surface area contributed by atoms with Gasteiger partial charge in [0.1, 0.15) is 0 Å². The fourth-order valence-corrected chi connectivity index (χ4v) is 2.63. The predicted octanol–water partition coefficient (Wildman–Crippen LogP) is 3.78. The normalized spacial score (nSPS) is 14.4. The summed E-state index contributed by atoms with van der Waals surface area (Å²) in [5, 5.41) is 3.60. The number of hydrogen-bond acceptors (Lipinski definition) is 2. The summed E-state index contributed by atoms with van der Waals surface area (Å²) in [7, 11) is 1.80. The molecular formula is C15H24BrNO. The first-order chi connectivity index (χ1) is 8.72. The molecule has 0 spiro atoms. The quantitative estimate of drug-likeness (QED) is 0.788. The SMILES string of the molecule is CCCNC(Cc1ccccc1Br)C(CC)OC. The lowest BCUT2D eigenvalue weighted by molar-refractivity contribution is 0.0653. The second-order valence-corrected chi connectivity index (χ2v) is 5.39. The van der Waals surface area contributed by atoms with E-state index in [2.05, 4.69) is 59.4 Å². The highest BCUT2D eigenvalue weighted by atomic mass is 79.9. The van der Waals surface area contributed by atoms with E-state index < -0.39 is 0 Å². The molecule has 0 heterocycles. The van der Waals surface area contributed by atoms with Gasteiger partial charge in [0.2, 0.25) is 0 Å². The summed E-state index contributed by atoms with van der Waals surface area (Å²) in [6.45, 7) is 5.40. The Hall–Kier alpha value is -0.380. The van der Waals surface area contributed by atoms with Crippen molar-refractivity contribution in [2.24, 2.45) is 0 Å². The molecule has 1 N–H and O–H groups in total. The Bertz CT molecular complexity index is 339. The molecule has 0 bridgehead atoms. The highest BCUT2D eigenvalue weighted by Gasteiger charge is 2.20. The Morgan fingerprint density at radius 3 is 2.56 bits per heavy atom. The molecule has 0 fully saturated rings. The minimum atomic E-state index is 0.267. The predicted molar refractivity (Wildman–Crippen MR) is 81.0 cm³/mol. The van der Waals surface area contributed by atoms with Gasteiger partial charge in [0.15, 0.2) is 0 Å². The molecule has 2 unspecified atom stereocenters. The maximum absolute atomic E-state index is 5.59. The summed E-state index contributed by atoms with van der Waals surface area (Å²) in [4.78, 5) is 0. The van der Waals surface area contributed by atoms with Gasteiger partial charge in [0, 0.05) is 17.6 Å². The summed E-state index contributed by atoms with van der Waals surface area (Å²) >= 11 is 3.62. The summed E-state index contributed by atoms with van der Waals surface area (Å²) in [6, 6.07) is 8.78. The fourth-order valence-electron chi connectivity index (χ4n) is 2.18. The largest absolute Gasteiger partial charge is 0.380 e. The van der Waals surface area contributed by atoms with Crippen molar-refractivity contribution in [1.82, 2.24) is 5.32 Å². The number of rotatable bonds is 8. The number of methoxy groups -OCH3 is 1. The van der Waals surface area contributed by atoms with Gasteiger partial charge in [-0.2, -0.15) is 0 Å². The van der Waals surface area contributed by atoms with Gasteiger partial charge in [-0.3, -0.25) is 0 Å². The number of ether oxygens (including phenoxy) is 1. The van der Waals surface area contributed by atoms with Gasteiger partial charge in [-0.05, 0) is 37.4 Å². The highest BCUT2D eigenvalue weighted by Crippen LogP contribution is 2.19. The van der Waals surface area contributed by atoms with Gasteiger partial charge in [-0.15, -0.1) is 0 Å². The number of halogens is 1. The van der Waals surface area contributed by atoms with E-state index in [0.29, 0.717) is 6.04 Å². The van der Waals surface area contributed by atoms with Gasteiger partial charge in [0.05, 0.1) is 6.10 Å². The molecule has 2 nitrogen and oxygen atoms in total. The summed E-state index contributed by atoms with van der Waals surface area (Å²) in [5.74, 6) is 0. The van der Waals surface area contributed by atoms with Crippen LogP contribution >= 0.6 is 15.9 Å². The van der Waals surface area contributed by atoms with E-state index in [1.54, 1.807) is 7.11 Å². The Labute approximate surface area is 119 Å². The van der Waals surface area contributed by atoms with Crippen molar-refractivity contribution >= 4 is 15.9 Å². The van der Waals surface area contributed by atoms with Crippen LogP contribution in [0, 0.1) is 0 Å². The fraction of sp³-hybridized carbons (Fsp3) is 0.600. The lowest BCUT2D eigenvalue weighted by Crippen LogP contribution is -2.42. The van der Waals surface area contributed by atoms with Crippen molar-refractivity contribution in [2.45, 2.75) is 45.3 Å². The maximum Gasteiger partial charge on any atom is 0.0724 e. The molecule has 18 heavy (non-hydrogen) atoms. The summed E-state index contributed by atoms with van der Waals surface area (Å²) < 4.78 is 6.77. The molecule has 1 rings (SSSR count). The third kappa shape index (κ3) is 4.71. The topological polar surface area (TPSA) is 21.3 Å². The first kappa shape index (κ1) is 15.7. The molecular weight excluding hydrogens is 290 g/mol. The van der Waals surface area contributed by atoms with E-state index in [1.165, 1.54) is 10.0 Å². The van der Waals surface area contributed by atoms with Crippen LogP contribution in [-0.2, 0) is 11.2 Å². The average Bonchev–Trinajstić information content (AvgIpc) is 2.39. The van der Waals surface area contributed by atoms with E-state index in [4.69, 9.17) is 4.74 Å². The van der Waals surface area contributed by atoms with Crippen molar-refractivity contribution in [1.29, 1.82) is 0 Å². The van der Waals surface area contributed by atoms with Crippen molar-refractivity contribution < 1.29 is 4.74 Å². The molecule has 102 valence electrons. The van der Waals surface area contributed by atoms with Gasteiger partial charge < -0.3 is 10.1 Å². The van der Waals surface area contributed by atoms with Crippen LogP contribution in [0.3, 0.4) is 0 Å². The Balaban J connectivity index is 2.74. The molecule has 0 aliphatic rings. The smallest absolute Gasteiger partial charge is 0.0724 e. The number of benzene rings is 1. The van der Waals surface area contributed by atoms with Gasteiger partial charge in [-0.1, -0.05) is 48.0 Å². The monoisotopic (exact) mass is 313 g/mol. The van der Waals surface area contributed by atoms with Crippen LogP contribution in [0.1, 0.15) is 32.3 Å². The Morgan fingerprint density at radius 1 is 1.28 bits per heavy atom. The van der Waals surface area contributed by atoms with Crippen LogP contribution in [0.4, 0.5) is 0 Å². The molecule has 3 heteroatoms. The zero-order valence-corrected chi connectivity index (χ0v) is 13.2. The molecule has 1 aromatic carbocycles. The molecule has 1 aromatic rings. The van der Waals surface area contributed by atoms with Gasteiger partial charge >= 0.3 is 0 Å². The highest BCUT2D eigenvalue weighted by molar-refractivity contribution is 9.10. The van der Waals surface area contributed by atoms with Crippen molar-refractivity contribution in [2.75, 3.05) is 13.7 Å². The molecule has 0 saturated carbocycles. The standard InChI is InChI=1S/C15H24BrNO/c1-4-10-17-14(15(5-2)18-3)11-12-8-6-7-9-13(12)16/h6-9,14-15,17H,4-5,10-11H2,1-3H3. The van der Waals surface area contributed by atoms with Crippen LogP contribution in [-0.4, -0.2) is 25.8 Å². The maximum atomic E-state index is 5.59. The lowest BCUT2D eigenvalue weighted by Gasteiger charge is -2.26. The molecule has 0 radical (unpaired) electrons. The lowest BCUT2D eigenvalue weighted by atomic mass is 9.99. The summed E-state index contributed by atoms with van der Waals surface area (Å²) in [6.07, 6.45) is 3.44. The van der Waals surface area contributed by atoms with Crippen LogP contribution < -0.4 is 5.32 Å². The molecule has 0 aliphatic heterocycles. The zero-order valence-electron chi connectivity index (χ0n) is 11.6. The Kier molecular flexibility index (Phi) is 7.56. The molecule has 0 aromatic heterocycles. The number of nitrogens with one attached hydrogen (secondary N) is 1. The minimum absolute atomic E-state index is 0.267. The minimum Gasteiger partial charge on any atom is -0.380 e. The van der Waals surface area contributed by atoms with E-state index in [0.717, 1.165) is 25.8 Å². The Morgan fingerprint density at radius 2 is 2.00 bits per heavy atom. The average molecular weight is 314 g/mol. The molecule has 0 saturated heterocycles. The van der Waals surface area contributed by atoms with Crippen molar-refractivity contribution in [3.63, 3.8) is 0 Å². The molecule has 0 aliphatic carbocycles. The zero-order chi connectivity index (χ0) is 13.4. The van der Waals surface area contributed by atoms with Gasteiger partial charge in [-0.25, -0.2) is 0 Å².